The largest absolute Gasteiger partial charge is 0.454 e. The van der Waals surface area contributed by atoms with Crippen molar-refractivity contribution in [1.82, 2.24) is 0 Å². The van der Waals surface area contributed by atoms with Gasteiger partial charge in [0.2, 0.25) is 0 Å². The van der Waals surface area contributed by atoms with Crippen LogP contribution in [0.3, 0.4) is 0 Å². The first-order valence-corrected chi connectivity index (χ1v) is 8.67. The van der Waals surface area contributed by atoms with Gasteiger partial charge in [-0.05, 0) is 43.3 Å². The number of carbonyl (C=O) groups excluding carboxylic acids is 2. The fourth-order valence-electron chi connectivity index (χ4n) is 2.14. The molecule has 3 rings (SSSR count). The number of Topliss-reactive ketones (excluding diaryl/α,β-unsaturated/α-hetero) is 1. The third-order valence-corrected chi connectivity index (χ3v) is 4.87. The van der Waals surface area contributed by atoms with E-state index in [1.54, 1.807) is 48.5 Å². The number of thiophene rings is 1. The van der Waals surface area contributed by atoms with Gasteiger partial charge in [-0.15, -0.1) is 11.3 Å². The standard InChI is InChI=1S/C19H14ClNO3S/c1-12(22)17-10-11-18(25-17)19(23)21-14-7-3-5-9-16(14)24-15-8-4-2-6-13(15)20/h2-11H,1H3,(H,21,23). The van der Waals surface area contributed by atoms with Crippen LogP contribution in [0.5, 0.6) is 11.5 Å². The van der Waals surface area contributed by atoms with E-state index >= 15 is 0 Å². The molecule has 0 spiro atoms. The number of ketones is 1. The minimum Gasteiger partial charge on any atom is -0.454 e. The van der Waals surface area contributed by atoms with Crippen molar-refractivity contribution in [2.45, 2.75) is 6.92 Å². The average molecular weight is 372 g/mol. The van der Waals surface area contributed by atoms with Crippen LogP contribution in [0.2, 0.25) is 5.02 Å². The average Bonchev–Trinajstić information content (AvgIpc) is 3.09. The summed E-state index contributed by atoms with van der Waals surface area (Å²) < 4.78 is 5.82. The molecule has 4 nitrogen and oxygen atoms in total. The number of nitrogens with one attached hydrogen (secondary N) is 1. The van der Waals surface area contributed by atoms with E-state index in [2.05, 4.69) is 5.32 Å². The molecule has 0 atom stereocenters. The number of anilines is 1. The van der Waals surface area contributed by atoms with Crippen molar-refractivity contribution in [3.05, 3.63) is 75.4 Å². The van der Waals surface area contributed by atoms with Gasteiger partial charge in [-0.1, -0.05) is 35.9 Å². The van der Waals surface area contributed by atoms with E-state index in [1.807, 2.05) is 12.1 Å². The van der Waals surface area contributed by atoms with Crippen LogP contribution >= 0.6 is 22.9 Å². The van der Waals surface area contributed by atoms with E-state index in [1.165, 1.54) is 6.92 Å². The number of halogens is 1. The molecule has 3 aromatic rings. The van der Waals surface area contributed by atoms with Gasteiger partial charge >= 0.3 is 0 Å². The molecule has 1 aromatic heterocycles. The summed E-state index contributed by atoms with van der Waals surface area (Å²) in [6, 6.07) is 17.5. The van der Waals surface area contributed by atoms with Crippen molar-refractivity contribution in [2.75, 3.05) is 5.32 Å². The Morgan fingerprint density at radius 2 is 1.56 bits per heavy atom. The summed E-state index contributed by atoms with van der Waals surface area (Å²) in [5.74, 6) is 0.618. The van der Waals surface area contributed by atoms with E-state index in [9.17, 15) is 9.59 Å². The molecule has 0 radical (unpaired) electrons. The molecule has 0 aliphatic rings. The SMILES string of the molecule is CC(=O)c1ccc(C(=O)Nc2ccccc2Oc2ccccc2Cl)s1. The smallest absolute Gasteiger partial charge is 0.265 e. The number of benzene rings is 2. The second kappa shape index (κ2) is 7.51. The monoisotopic (exact) mass is 371 g/mol. The zero-order valence-electron chi connectivity index (χ0n) is 13.3. The first kappa shape index (κ1) is 17.2. The highest BCUT2D eigenvalue weighted by Gasteiger charge is 2.14. The summed E-state index contributed by atoms with van der Waals surface area (Å²) in [5.41, 5.74) is 0.519. The first-order chi connectivity index (χ1) is 12.0. The van der Waals surface area contributed by atoms with Crippen LogP contribution in [-0.2, 0) is 0 Å². The van der Waals surface area contributed by atoms with Crippen LogP contribution < -0.4 is 10.1 Å². The van der Waals surface area contributed by atoms with E-state index < -0.39 is 0 Å². The predicted molar refractivity (Wildman–Crippen MR) is 100 cm³/mol. The molecule has 1 amide bonds. The number of ether oxygens (including phenoxy) is 1. The lowest BCUT2D eigenvalue weighted by Crippen LogP contribution is -2.10. The molecule has 0 bridgehead atoms. The highest BCUT2D eigenvalue weighted by molar-refractivity contribution is 7.16. The summed E-state index contributed by atoms with van der Waals surface area (Å²) in [4.78, 5) is 24.8. The summed E-state index contributed by atoms with van der Waals surface area (Å²) in [7, 11) is 0. The Kier molecular flexibility index (Phi) is 5.16. The molecule has 0 aliphatic heterocycles. The van der Waals surface area contributed by atoms with Gasteiger partial charge in [0.1, 0.15) is 5.75 Å². The third-order valence-electron chi connectivity index (χ3n) is 3.37. The molecule has 0 saturated heterocycles. The maximum Gasteiger partial charge on any atom is 0.265 e. The highest BCUT2D eigenvalue weighted by Crippen LogP contribution is 2.33. The lowest BCUT2D eigenvalue weighted by molar-refractivity contribution is 0.101. The maximum atomic E-state index is 12.4. The molecule has 1 N–H and O–H groups in total. The van der Waals surface area contributed by atoms with Crippen molar-refractivity contribution < 1.29 is 14.3 Å². The number of para-hydroxylation sites is 3. The molecular weight excluding hydrogens is 358 g/mol. The molecule has 126 valence electrons. The quantitative estimate of drug-likeness (QED) is 0.589. The van der Waals surface area contributed by atoms with Crippen LogP contribution in [0.4, 0.5) is 5.69 Å². The van der Waals surface area contributed by atoms with Gasteiger partial charge in [-0.25, -0.2) is 0 Å². The fourth-order valence-corrected chi connectivity index (χ4v) is 3.11. The lowest BCUT2D eigenvalue weighted by atomic mass is 10.2. The maximum absolute atomic E-state index is 12.4. The zero-order valence-corrected chi connectivity index (χ0v) is 14.9. The Morgan fingerprint density at radius 3 is 2.24 bits per heavy atom. The van der Waals surface area contributed by atoms with Gasteiger partial charge in [0, 0.05) is 0 Å². The van der Waals surface area contributed by atoms with E-state index in [0.29, 0.717) is 32.0 Å². The molecule has 1 heterocycles. The first-order valence-electron chi connectivity index (χ1n) is 7.48. The van der Waals surface area contributed by atoms with Crippen LogP contribution in [0.15, 0.2) is 60.7 Å². The second-order valence-corrected chi connectivity index (χ2v) is 6.69. The summed E-state index contributed by atoms with van der Waals surface area (Å²) >= 11 is 7.28. The summed E-state index contributed by atoms with van der Waals surface area (Å²) in [6.45, 7) is 1.47. The van der Waals surface area contributed by atoms with Crippen molar-refractivity contribution in [3.8, 4) is 11.5 Å². The molecule has 6 heteroatoms. The van der Waals surface area contributed by atoms with Gasteiger partial charge in [0.25, 0.3) is 5.91 Å². The number of rotatable bonds is 5. The van der Waals surface area contributed by atoms with Crippen LogP contribution in [-0.4, -0.2) is 11.7 Å². The number of hydrogen-bond acceptors (Lipinski definition) is 4. The van der Waals surface area contributed by atoms with Gasteiger partial charge < -0.3 is 10.1 Å². The highest BCUT2D eigenvalue weighted by atomic mass is 35.5. The Balaban J connectivity index is 1.82. The minimum atomic E-state index is -0.298. The number of hydrogen-bond donors (Lipinski definition) is 1. The number of carbonyl (C=O) groups is 2. The van der Waals surface area contributed by atoms with Gasteiger partial charge in [-0.3, -0.25) is 9.59 Å². The van der Waals surface area contributed by atoms with Crippen LogP contribution in [0.25, 0.3) is 0 Å². The Morgan fingerprint density at radius 1 is 0.920 bits per heavy atom. The van der Waals surface area contributed by atoms with Gasteiger partial charge in [0.05, 0.1) is 20.5 Å². The van der Waals surface area contributed by atoms with Crippen molar-refractivity contribution >= 4 is 40.3 Å². The fraction of sp³-hybridized carbons (Fsp3) is 0.0526. The molecule has 0 unspecified atom stereocenters. The number of amides is 1. The van der Waals surface area contributed by atoms with Crippen molar-refractivity contribution in [1.29, 1.82) is 0 Å². The molecular formula is C19H14ClNO3S. The van der Waals surface area contributed by atoms with Crippen molar-refractivity contribution in [3.63, 3.8) is 0 Å². The van der Waals surface area contributed by atoms with E-state index in [0.717, 1.165) is 11.3 Å². The van der Waals surface area contributed by atoms with Gasteiger partial charge in [0.15, 0.2) is 11.5 Å². The second-order valence-electron chi connectivity index (χ2n) is 5.20. The molecule has 25 heavy (non-hydrogen) atoms. The van der Waals surface area contributed by atoms with E-state index in [-0.39, 0.29) is 11.7 Å². The predicted octanol–water partition coefficient (Wildman–Crippen LogP) is 5.65. The topological polar surface area (TPSA) is 55.4 Å². The lowest BCUT2D eigenvalue weighted by Gasteiger charge is -2.12. The van der Waals surface area contributed by atoms with Crippen LogP contribution in [0, 0.1) is 0 Å². The third kappa shape index (κ3) is 4.07. The molecule has 0 aliphatic carbocycles. The molecule has 2 aromatic carbocycles. The van der Waals surface area contributed by atoms with Gasteiger partial charge in [-0.2, -0.15) is 0 Å². The summed E-state index contributed by atoms with van der Waals surface area (Å²) in [6.07, 6.45) is 0. The normalized spacial score (nSPS) is 10.3. The van der Waals surface area contributed by atoms with E-state index in [4.69, 9.17) is 16.3 Å². The Hall–Kier alpha value is -2.63. The minimum absolute atomic E-state index is 0.0634. The zero-order chi connectivity index (χ0) is 17.8. The molecule has 0 fully saturated rings. The summed E-state index contributed by atoms with van der Waals surface area (Å²) in [5, 5.41) is 3.29. The van der Waals surface area contributed by atoms with Crippen molar-refractivity contribution in [2.24, 2.45) is 0 Å². The van der Waals surface area contributed by atoms with Crippen LogP contribution in [0.1, 0.15) is 26.3 Å². The Bertz CT molecular complexity index is 936. The molecule has 0 saturated carbocycles. The Labute approximate surface area is 154 Å².